The van der Waals surface area contributed by atoms with Crippen molar-refractivity contribution in [2.45, 2.75) is 19.5 Å². The van der Waals surface area contributed by atoms with Crippen LogP contribution in [0, 0.1) is 0 Å². The molecule has 0 saturated heterocycles. The lowest BCUT2D eigenvalue weighted by molar-refractivity contribution is 0.242. The van der Waals surface area contributed by atoms with Crippen molar-refractivity contribution in [1.82, 2.24) is 25.1 Å². The van der Waals surface area contributed by atoms with Crippen molar-refractivity contribution >= 4 is 22.9 Å². The van der Waals surface area contributed by atoms with Gasteiger partial charge in [-0.2, -0.15) is 5.10 Å². The van der Waals surface area contributed by atoms with Gasteiger partial charge in [-0.1, -0.05) is 29.8 Å². The summed E-state index contributed by atoms with van der Waals surface area (Å²) in [6.45, 7) is 2.13. The monoisotopic (exact) mass is 423 g/mol. The molecule has 4 aromatic rings. The number of benzene rings is 1. The molecule has 3 aromatic heterocycles. The molecule has 0 saturated carbocycles. The van der Waals surface area contributed by atoms with E-state index in [-0.39, 0.29) is 5.56 Å². The predicted octanol–water partition coefficient (Wildman–Crippen LogP) is 4.10. The molecule has 0 fully saturated rings. The minimum absolute atomic E-state index is 0.0479. The Morgan fingerprint density at radius 2 is 2.07 bits per heavy atom. The van der Waals surface area contributed by atoms with Crippen LogP contribution in [0.2, 0.25) is 5.02 Å². The second-order valence-electron chi connectivity index (χ2n) is 7.05. The quantitative estimate of drug-likeness (QED) is 0.518. The highest BCUT2D eigenvalue weighted by atomic mass is 35.5. The van der Waals surface area contributed by atoms with Crippen LogP contribution >= 0.6 is 22.9 Å². The topological polar surface area (TPSA) is 77.7 Å². The van der Waals surface area contributed by atoms with Gasteiger partial charge in [0.2, 0.25) is 0 Å². The average Bonchev–Trinajstić information content (AvgIpc) is 3.41. The Hall–Kier alpha value is -2.74. The lowest BCUT2D eigenvalue weighted by atomic mass is 10.0. The highest BCUT2D eigenvalue weighted by Gasteiger charge is 2.23. The van der Waals surface area contributed by atoms with Gasteiger partial charge in [-0.15, -0.1) is 11.3 Å². The van der Waals surface area contributed by atoms with E-state index in [0.717, 1.165) is 45.9 Å². The molecule has 1 aromatic carbocycles. The number of nitrogens with one attached hydrogen (secondary N) is 2. The fourth-order valence-corrected chi connectivity index (χ4v) is 4.48. The Balaban J connectivity index is 1.38. The molecule has 0 amide bonds. The molecular formula is C21H18ClN5OS. The van der Waals surface area contributed by atoms with E-state index in [1.165, 1.54) is 0 Å². The van der Waals surface area contributed by atoms with Crippen molar-refractivity contribution in [3.05, 3.63) is 80.2 Å². The first-order valence-corrected chi connectivity index (χ1v) is 10.6. The summed E-state index contributed by atoms with van der Waals surface area (Å²) >= 11 is 7.58. The lowest BCUT2D eigenvalue weighted by Gasteiger charge is -2.27. The highest BCUT2D eigenvalue weighted by molar-refractivity contribution is 7.13. The van der Waals surface area contributed by atoms with Gasteiger partial charge in [-0.05, 0) is 29.1 Å². The number of halogens is 1. The maximum absolute atomic E-state index is 12.7. The highest BCUT2D eigenvalue weighted by Crippen LogP contribution is 2.26. The van der Waals surface area contributed by atoms with Gasteiger partial charge in [0.05, 0.1) is 28.0 Å². The number of nitrogens with zero attached hydrogens (tertiary/aromatic N) is 3. The minimum Gasteiger partial charge on any atom is -0.306 e. The van der Waals surface area contributed by atoms with Crippen LogP contribution in [0.4, 0.5) is 0 Å². The number of fused-ring (bicyclic) bond motifs is 1. The number of aromatic nitrogens is 4. The Kier molecular flexibility index (Phi) is 4.79. The van der Waals surface area contributed by atoms with Crippen molar-refractivity contribution in [1.29, 1.82) is 0 Å². The number of rotatable bonds is 4. The molecule has 1 aliphatic rings. The molecule has 6 nitrogen and oxygen atoms in total. The van der Waals surface area contributed by atoms with Crippen LogP contribution in [0.25, 0.3) is 22.0 Å². The molecule has 4 heterocycles. The number of aromatic amines is 2. The summed E-state index contributed by atoms with van der Waals surface area (Å²) in [5.74, 6) is 0.664. The van der Waals surface area contributed by atoms with Crippen LogP contribution in [-0.2, 0) is 19.5 Å². The van der Waals surface area contributed by atoms with Crippen molar-refractivity contribution < 1.29 is 0 Å². The normalized spacial score (nSPS) is 14.1. The third kappa shape index (κ3) is 3.64. The molecule has 1 aliphatic heterocycles. The molecule has 0 atom stereocenters. The maximum atomic E-state index is 12.7. The first-order valence-electron chi connectivity index (χ1n) is 9.34. The van der Waals surface area contributed by atoms with E-state index in [2.05, 4.69) is 20.1 Å². The summed E-state index contributed by atoms with van der Waals surface area (Å²) in [5.41, 5.74) is 4.72. The van der Waals surface area contributed by atoms with Gasteiger partial charge in [0.15, 0.2) is 5.82 Å². The van der Waals surface area contributed by atoms with Gasteiger partial charge in [-0.3, -0.25) is 14.8 Å². The third-order valence-corrected chi connectivity index (χ3v) is 6.28. The molecule has 8 heteroatoms. The molecule has 0 radical (unpaired) electrons. The predicted molar refractivity (Wildman–Crippen MR) is 115 cm³/mol. The first kappa shape index (κ1) is 18.3. The van der Waals surface area contributed by atoms with Gasteiger partial charge in [-0.25, -0.2) is 4.98 Å². The molecule has 0 spiro atoms. The van der Waals surface area contributed by atoms with Crippen LogP contribution < -0.4 is 5.56 Å². The van der Waals surface area contributed by atoms with Crippen molar-refractivity contribution in [2.24, 2.45) is 0 Å². The van der Waals surface area contributed by atoms with Crippen molar-refractivity contribution in [3.8, 4) is 22.0 Å². The third-order valence-electron chi connectivity index (χ3n) is 5.15. The fraction of sp³-hybridized carbons (Fsp3) is 0.190. The van der Waals surface area contributed by atoms with E-state index in [9.17, 15) is 4.79 Å². The lowest BCUT2D eigenvalue weighted by Crippen LogP contribution is -2.35. The van der Waals surface area contributed by atoms with Crippen LogP contribution in [-0.4, -0.2) is 31.6 Å². The summed E-state index contributed by atoms with van der Waals surface area (Å²) in [6, 6.07) is 11.6. The average molecular weight is 424 g/mol. The zero-order chi connectivity index (χ0) is 19.8. The van der Waals surface area contributed by atoms with Gasteiger partial charge in [0.25, 0.3) is 5.56 Å². The number of H-pyrrole nitrogens is 2. The molecule has 146 valence electrons. The molecular weight excluding hydrogens is 406 g/mol. The fourth-order valence-electron chi connectivity index (χ4n) is 3.68. The Bertz CT molecular complexity index is 1200. The van der Waals surface area contributed by atoms with Gasteiger partial charge in [0, 0.05) is 36.6 Å². The zero-order valence-electron chi connectivity index (χ0n) is 15.5. The summed E-state index contributed by atoms with van der Waals surface area (Å²) in [6.07, 6.45) is 2.60. The maximum Gasteiger partial charge on any atom is 0.255 e. The zero-order valence-corrected chi connectivity index (χ0v) is 17.1. The number of hydrogen-bond acceptors (Lipinski definition) is 5. The standard InChI is InChI=1S/C21H18ClN5OS/c22-15-5-3-13(4-6-15)19-14(10-23-26-19)11-27-8-7-17-16(12-27)21(28)25-20(24-17)18-2-1-9-29-18/h1-6,9-10H,7-8,11-12H2,(H,23,26)(H,24,25,28). The number of thiophene rings is 1. The van der Waals surface area contributed by atoms with Crippen LogP contribution in [0.1, 0.15) is 16.8 Å². The molecule has 5 rings (SSSR count). The summed E-state index contributed by atoms with van der Waals surface area (Å²) < 4.78 is 0. The van der Waals surface area contributed by atoms with E-state index in [4.69, 9.17) is 16.6 Å². The Morgan fingerprint density at radius 1 is 1.21 bits per heavy atom. The second kappa shape index (κ2) is 7.59. The second-order valence-corrected chi connectivity index (χ2v) is 8.44. The SMILES string of the molecule is O=c1[nH]c(-c2cccs2)nc2c1CN(Cc1cn[nH]c1-c1ccc(Cl)cc1)CC2. The number of hydrogen-bond donors (Lipinski definition) is 2. The smallest absolute Gasteiger partial charge is 0.255 e. The van der Waals surface area contributed by atoms with E-state index in [1.54, 1.807) is 11.3 Å². The van der Waals surface area contributed by atoms with E-state index >= 15 is 0 Å². The van der Waals surface area contributed by atoms with Crippen molar-refractivity contribution in [2.75, 3.05) is 6.54 Å². The van der Waals surface area contributed by atoms with Crippen molar-refractivity contribution in [3.63, 3.8) is 0 Å². The Morgan fingerprint density at radius 3 is 2.86 bits per heavy atom. The minimum atomic E-state index is -0.0479. The summed E-state index contributed by atoms with van der Waals surface area (Å²) in [5, 5.41) is 10.0. The van der Waals surface area contributed by atoms with E-state index in [0.29, 0.717) is 23.9 Å². The molecule has 0 bridgehead atoms. The summed E-state index contributed by atoms with van der Waals surface area (Å²) in [4.78, 5) is 23.6. The van der Waals surface area contributed by atoms with E-state index < -0.39 is 0 Å². The first-order chi connectivity index (χ1) is 14.2. The summed E-state index contributed by atoms with van der Waals surface area (Å²) in [7, 11) is 0. The van der Waals surface area contributed by atoms with Crippen LogP contribution in [0.3, 0.4) is 0 Å². The Labute approximate surface area is 176 Å². The molecule has 2 N–H and O–H groups in total. The van der Waals surface area contributed by atoms with Gasteiger partial charge < -0.3 is 4.98 Å². The molecule has 0 unspecified atom stereocenters. The van der Waals surface area contributed by atoms with Gasteiger partial charge in [0.1, 0.15) is 0 Å². The van der Waals surface area contributed by atoms with Crippen LogP contribution in [0.15, 0.2) is 52.8 Å². The largest absolute Gasteiger partial charge is 0.306 e. The molecule has 29 heavy (non-hydrogen) atoms. The molecule has 0 aliphatic carbocycles. The van der Waals surface area contributed by atoms with Gasteiger partial charge >= 0.3 is 0 Å². The van der Waals surface area contributed by atoms with Crippen LogP contribution in [0.5, 0.6) is 0 Å². The van der Waals surface area contributed by atoms with E-state index in [1.807, 2.05) is 48.0 Å².